The number of rotatable bonds is 3. The first-order valence-corrected chi connectivity index (χ1v) is 6.57. The molecule has 0 fully saturated rings. The number of fused-ring (bicyclic) bond motifs is 1. The number of aryl methyl sites for hydroxylation is 2. The predicted molar refractivity (Wildman–Crippen MR) is 74.7 cm³/mol. The van der Waals surface area contributed by atoms with Gasteiger partial charge in [-0.25, -0.2) is 4.98 Å². The normalized spacial score (nSPS) is 12.8. The van der Waals surface area contributed by atoms with Crippen molar-refractivity contribution in [2.75, 3.05) is 5.32 Å². The second-order valence-electron chi connectivity index (χ2n) is 4.82. The minimum absolute atomic E-state index is 0.694. The van der Waals surface area contributed by atoms with Gasteiger partial charge in [0.2, 0.25) is 0 Å². The van der Waals surface area contributed by atoms with Crippen molar-refractivity contribution in [2.45, 2.75) is 25.8 Å². The molecule has 0 unspecified atom stereocenters. The zero-order valence-corrected chi connectivity index (χ0v) is 10.7. The smallest absolute Gasteiger partial charge is 0.126 e. The Kier molecular flexibility index (Phi) is 3.16. The number of anilines is 1. The standard InChI is InChI=1S/C16H15N3/c17-10-12-4-6-13(7-5-12)11-18-16-9-8-14-2-1-3-15(14)19-16/h4-9H,1-3,11H2,(H,18,19). The van der Waals surface area contributed by atoms with Crippen molar-refractivity contribution in [3.05, 3.63) is 58.8 Å². The first-order chi connectivity index (χ1) is 9.35. The highest BCUT2D eigenvalue weighted by atomic mass is 15.0. The zero-order chi connectivity index (χ0) is 13.1. The Morgan fingerprint density at radius 2 is 1.95 bits per heavy atom. The Morgan fingerprint density at radius 3 is 2.74 bits per heavy atom. The average Bonchev–Trinajstić information content (AvgIpc) is 2.93. The Morgan fingerprint density at radius 1 is 1.11 bits per heavy atom. The largest absolute Gasteiger partial charge is 0.366 e. The van der Waals surface area contributed by atoms with Crippen LogP contribution in [0.2, 0.25) is 0 Å². The molecule has 94 valence electrons. The number of hydrogen-bond donors (Lipinski definition) is 1. The predicted octanol–water partition coefficient (Wildman–Crippen LogP) is 3.05. The summed E-state index contributed by atoms with van der Waals surface area (Å²) in [6.07, 6.45) is 3.49. The fraction of sp³-hybridized carbons (Fsp3) is 0.250. The van der Waals surface area contributed by atoms with Gasteiger partial charge in [0.1, 0.15) is 5.82 Å². The highest BCUT2D eigenvalue weighted by molar-refractivity contribution is 5.41. The molecule has 1 aromatic carbocycles. The number of hydrogen-bond acceptors (Lipinski definition) is 3. The first kappa shape index (κ1) is 11.7. The summed E-state index contributed by atoms with van der Waals surface area (Å²) in [5.74, 6) is 0.935. The molecule has 0 aliphatic heterocycles. The summed E-state index contributed by atoms with van der Waals surface area (Å²) in [6, 6.07) is 14.0. The van der Waals surface area contributed by atoms with E-state index >= 15 is 0 Å². The minimum atomic E-state index is 0.694. The van der Waals surface area contributed by atoms with Gasteiger partial charge in [-0.2, -0.15) is 5.26 Å². The van der Waals surface area contributed by atoms with E-state index < -0.39 is 0 Å². The van der Waals surface area contributed by atoms with Gasteiger partial charge in [0.05, 0.1) is 11.6 Å². The first-order valence-electron chi connectivity index (χ1n) is 6.57. The van der Waals surface area contributed by atoms with E-state index in [0.29, 0.717) is 5.56 Å². The van der Waals surface area contributed by atoms with E-state index in [1.165, 1.54) is 17.7 Å². The topological polar surface area (TPSA) is 48.7 Å². The van der Waals surface area contributed by atoms with Crippen molar-refractivity contribution in [3.8, 4) is 6.07 Å². The lowest BCUT2D eigenvalue weighted by molar-refractivity contribution is 0.899. The van der Waals surface area contributed by atoms with E-state index in [2.05, 4.69) is 22.4 Å². The third-order valence-corrected chi connectivity index (χ3v) is 3.48. The van der Waals surface area contributed by atoms with E-state index in [9.17, 15) is 0 Å². The highest BCUT2D eigenvalue weighted by Gasteiger charge is 2.12. The lowest BCUT2D eigenvalue weighted by Gasteiger charge is -2.07. The Hall–Kier alpha value is -2.34. The molecule has 3 nitrogen and oxygen atoms in total. The molecular weight excluding hydrogens is 234 g/mol. The fourth-order valence-electron chi connectivity index (χ4n) is 2.41. The van der Waals surface area contributed by atoms with Crippen LogP contribution in [0.5, 0.6) is 0 Å². The van der Waals surface area contributed by atoms with Crippen LogP contribution in [0.3, 0.4) is 0 Å². The molecule has 0 spiro atoms. The van der Waals surface area contributed by atoms with Gasteiger partial charge in [0.25, 0.3) is 0 Å². The molecule has 2 aromatic rings. The summed E-state index contributed by atoms with van der Waals surface area (Å²) >= 11 is 0. The summed E-state index contributed by atoms with van der Waals surface area (Å²) in [5, 5.41) is 12.1. The van der Waals surface area contributed by atoms with Crippen molar-refractivity contribution in [2.24, 2.45) is 0 Å². The molecule has 1 N–H and O–H groups in total. The molecule has 0 radical (unpaired) electrons. The van der Waals surface area contributed by atoms with Gasteiger partial charge >= 0.3 is 0 Å². The fourth-order valence-corrected chi connectivity index (χ4v) is 2.41. The van der Waals surface area contributed by atoms with Crippen molar-refractivity contribution in [3.63, 3.8) is 0 Å². The molecule has 0 bridgehead atoms. The summed E-state index contributed by atoms with van der Waals surface area (Å²) in [5.41, 5.74) is 4.48. The number of benzene rings is 1. The van der Waals surface area contributed by atoms with Gasteiger partial charge in [-0.1, -0.05) is 18.2 Å². The minimum Gasteiger partial charge on any atom is -0.366 e. The summed E-state index contributed by atoms with van der Waals surface area (Å²) in [4.78, 5) is 4.64. The lowest BCUT2D eigenvalue weighted by atomic mass is 10.1. The maximum Gasteiger partial charge on any atom is 0.126 e. The van der Waals surface area contributed by atoms with Gasteiger partial charge in [0.15, 0.2) is 0 Å². The van der Waals surface area contributed by atoms with Gasteiger partial charge in [-0.3, -0.25) is 0 Å². The molecule has 1 aliphatic rings. The van der Waals surface area contributed by atoms with Crippen LogP contribution in [0.1, 0.15) is 28.8 Å². The lowest BCUT2D eigenvalue weighted by Crippen LogP contribution is -2.02. The van der Waals surface area contributed by atoms with E-state index in [1.807, 2.05) is 30.3 Å². The molecule has 0 saturated carbocycles. The molecule has 0 amide bonds. The van der Waals surface area contributed by atoms with Crippen LogP contribution in [0.15, 0.2) is 36.4 Å². The molecule has 3 rings (SSSR count). The average molecular weight is 249 g/mol. The maximum atomic E-state index is 8.75. The summed E-state index contributed by atoms with van der Waals surface area (Å²) in [6.45, 7) is 0.734. The summed E-state index contributed by atoms with van der Waals surface area (Å²) in [7, 11) is 0. The SMILES string of the molecule is N#Cc1ccc(CNc2ccc3c(n2)CCC3)cc1. The third kappa shape index (κ3) is 2.58. The number of pyridine rings is 1. The van der Waals surface area contributed by atoms with Crippen molar-refractivity contribution in [1.29, 1.82) is 5.26 Å². The van der Waals surface area contributed by atoms with Crippen LogP contribution in [-0.4, -0.2) is 4.98 Å². The molecule has 1 aromatic heterocycles. The van der Waals surface area contributed by atoms with Crippen LogP contribution in [0, 0.1) is 11.3 Å². The second kappa shape index (κ2) is 5.11. The highest BCUT2D eigenvalue weighted by Crippen LogP contribution is 2.21. The molecule has 1 heterocycles. The zero-order valence-electron chi connectivity index (χ0n) is 10.7. The third-order valence-electron chi connectivity index (χ3n) is 3.48. The van der Waals surface area contributed by atoms with Crippen LogP contribution in [0.25, 0.3) is 0 Å². The second-order valence-corrected chi connectivity index (χ2v) is 4.82. The Labute approximate surface area is 112 Å². The van der Waals surface area contributed by atoms with E-state index in [4.69, 9.17) is 5.26 Å². The van der Waals surface area contributed by atoms with Gasteiger partial charge in [-0.05, 0) is 48.6 Å². The summed E-state index contributed by atoms with van der Waals surface area (Å²) < 4.78 is 0. The van der Waals surface area contributed by atoms with Gasteiger partial charge < -0.3 is 5.32 Å². The Bertz CT molecular complexity index is 623. The maximum absolute atomic E-state index is 8.75. The number of nitriles is 1. The van der Waals surface area contributed by atoms with Gasteiger partial charge in [0, 0.05) is 12.2 Å². The number of nitrogens with one attached hydrogen (secondary N) is 1. The van der Waals surface area contributed by atoms with Crippen LogP contribution >= 0.6 is 0 Å². The molecule has 3 heteroatoms. The van der Waals surface area contributed by atoms with Crippen LogP contribution in [0.4, 0.5) is 5.82 Å². The van der Waals surface area contributed by atoms with Crippen molar-refractivity contribution < 1.29 is 0 Å². The molecular formula is C16H15N3. The van der Waals surface area contributed by atoms with E-state index in [0.717, 1.165) is 30.8 Å². The van der Waals surface area contributed by atoms with Crippen LogP contribution < -0.4 is 5.32 Å². The quantitative estimate of drug-likeness (QED) is 0.909. The van der Waals surface area contributed by atoms with Crippen molar-refractivity contribution in [1.82, 2.24) is 4.98 Å². The number of nitrogens with zero attached hydrogens (tertiary/aromatic N) is 2. The van der Waals surface area contributed by atoms with Crippen molar-refractivity contribution >= 4 is 5.82 Å². The molecule has 19 heavy (non-hydrogen) atoms. The molecule has 0 atom stereocenters. The molecule has 1 aliphatic carbocycles. The Balaban J connectivity index is 1.67. The van der Waals surface area contributed by atoms with E-state index in [1.54, 1.807) is 0 Å². The monoisotopic (exact) mass is 249 g/mol. The molecule has 0 saturated heterocycles. The van der Waals surface area contributed by atoms with Crippen LogP contribution in [-0.2, 0) is 19.4 Å². The number of aromatic nitrogens is 1. The van der Waals surface area contributed by atoms with Gasteiger partial charge in [-0.15, -0.1) is 0 Å². The van der Waals surface area contributed by atoms with E-state index in [-0.39, 0.29) is 0 Å².